The third-order valence-corrected chi connectivity index (χ3v) is 6.63. The van der Waals surface area contributed by atoms with Crippen LogP contribution in [0.15, 0.2) is 32.7 Å². The van der Waals surface area contributed by atoms with Crippen LogP contribution in [0, 0.1) is 0 Å². The summed E-state index contributed by atoms with van der Waals surface area (Å²) in [5, 5.41) is 11.0. The van der Waals surface area contributed by atoms with Gasteiger partial charge in [0.1, 0.15) is 0 Å². The molecular formula is C15H17ClN4O4S2. The van der Waals surface area contributed by atoms with Crippen molar-refractivity contribution in [1.82, 2.24) is 14.5 Å². The fourth-order valence-electron chi connectivity index (χ4n) is 2.06. The van der Waals surface area contributed by atoms with Gasteiger partial charge in [-0.3, -0.25) is 4.79 Å². The van der Waals surface area contributed by atoms with Gasteiger partial charge in [0, 0.05) is 20.0 Å². The van der Waals surface area contributed by atoms with Crippen LogP contribution in [0.4, 0.5) is 5.69 Å². The van der Waals surface area contributed by atoms with Crippen LogP contribution in [-0.2, 0) is 14.8 Å². The van der Waals surface area contributed by atoms with Crippen molar-refractivity contribution in [2.45, 2.75) is 28.9 Å². The number of rotatable bonds is 7. The molecule has 1 amide bonds. The lowest BCUT2D eigenvalue weighted by atomic mass is 10.3. The van der Waals surface area contributed by atoms with Crippen molar-refractivity contribution in [2.75, 3.05) is 25.2 Å². The number of halogens is 1. The van der Waals surface area contributed by atoms with Crippen LogP contribution in [0.5, 0.6) is 0 Å². The van der Waals surface area contributed by atoms with Gasteiger partial charge in [0.25, 0.3) is 5.22 Å². The van der Waals surface area contributed by atoms with E-state index in [1.165, 1.54) is 32.3 Å². The third kappa shape index (κ3) is 4.37. The molecule has 140 valence electrons. The minimum Gasteiger partial charge on any atom is -0.416 e. The number of amides is 1. The average Bonchev–Trinajstić information content (AvgIpc) is 3.33. The molecule has 3 rings (SSSR count). The minimum atomic E-state index is -3.62. The maximum absolute atomic E-state index is 12.2. The molecule has 1 N–H and O–H groups in total. The number of sulfonamides is 1. The largest absolute Gasteiger partial charge is 0.416 e. The summed E-state index contributed by atoms with van der Waals surface area (Å²) in [6.07, 6.45) is 2.11. The molecule has 1 saturated carbocycles. The smallest absolute Gasteiger partial charge is 0.277 e. The van der Waals surface area contributed by atoms with Gasteiger partial charge in [-0.05, 0) is 31.0 Å². The van der Waals surface area contributed by atoms with E-state index in [-0.39, 0.29) is 27.3 Å². The zero-order valence-electron chi connectivity index (χ0n) is 14.1. The lowest BCUT2D eigenvalue weighted by Crippen LogP contribution is -2.22. The van der Waals surface area contributed by atoms with Crippen molar-refractivity contribution < 1.29 is 17.6 Å². The molecule has 0 saturated heterocycles. The Balaban J connectivity index is 1.64. The van der Waals surface area contributed by atoms with E-state index in [4.69, 9.17) is 16.0 Å². The summed E-state index contributed by atoms with van der Waals surface area (Å²) in [6.45, 7) is 0. The van der Waals surface area contributed by atoms with Crippen LogP contribution in [0.2, 0.25) is 5.02 Å². The lowest BCUT2D eigenvalue weighted by Gasteiger charge is -2.13. The number of carbonyl (C=O) groups excluding carboxylic acids is 1. The van der Waals surface area contributed by atoms with Crippen LogP contribution in [-0.4, -0.2) is 48.7 Å². The Morgan fingerprint density at radius 1 is 1.38 bits per heavy atom. The van der Waals surface area contributed by atoms with E-state index in [2.05, 4.69) is 15.5 Å². The van der Waals surface area contributed by atoms with Crippen molar-refractivity contribution in [3.8, 4) is 0 Å². The first-order valence-electron chi connectivity index (χ1n) is 7.75. The summed E-state index contributed by atoms with van der Waals surface area (Å²) in [5.74, 6) is 0.638. The van der Waals surface area contributed by atoms with E-state index in [0.29, 0.717) is 17.0 Å². The maximum Gasteiger partial charge on any atom is 0.277 e. The fourth-order valence-corrected chi connectivity index (χ4v) is 3.72. The second kappa shape index (κ2) is 7.55. The van der Waals surface area contributed by atoms with Crippen molar-refractivity contribution in [2.24, 2.45) is 0 Å². The minimum absolute atomic E-state index is 0.0350. The highest BCUT2D eigenvalue weighted by molar-refractivity contribution is 7.99. The predicted molar refractivity (Wildman–Crippen MR) is 98.0 cm³/mol. The number of benzene rings is 1. The molecule has 0 bridgehead atoms. The Morgan fingerprint density at radius 3 is 2.77 bits per heavy atom. The summed E-state index contributed by atoms with van der Waals surface area (Å²) in [7, 11) is -0.762. The highest BCUT2D eigenvalue weighted by Crippen LogP contribution is 2.39. The molecule has 0 radical (unpaired) electrons. The molecule has 11 heteroatoms. The van der Waals surface area contributed by atoms with E-state index >= 15 is 0 Å². The van der Waals surface area contributed by atoms with Crippen LogP contribution in [0.1, 0.15) is 24.7 Å². The Kier molecular flexibility index (Phi) is 5.56. The highest BCUT2D eigenvalue weighted by Gasteiger charge is 2.29. The monoisotopic (exact) mass is 416 g/mol. The summed E-state index contributed by atoms with van der Waals surface area (Å²) < 4.78 is 30.9. The van der Waals surface area contributed by atoms with E-state index in [1.54, 1.807) is 0 Å². The van der Waals surface area contributed by atoms with Crippen molar-refractivity contribution in [1.29, 1.82) is 0 Å². The second-order valence-corrected chi connectivity index (χ2v) is 9.43. The van der Waals surface area contributed by atoms with Crippen molar-refractivity contribution in [3.63, 3.8) is 0 Å². The first-order chi connectivity index (χ1) is 12.3. The summed E-state index contributed by atoms with van der Waals surface area (Å²) in [6, 6.07) is 4.15. The topological polar surface area (TPSA) is 105 Å². The first kappa shape index (κ1) is 19.2. The molecule has 1 aromatic carbocycles. The summed E-state index contributed by atoms with van der Waals surface area (Å²) in [4.78, 5) is 12.2. The zero-order valence-corrected chi connectivity index (χ0v) is 16.5. The Bertz CT molecular complexity index is 925. The molecule has 26 heavy (non-hydrogen) atoms. The third-order valence-electron chi connectivity index (χ3n) is 3.67. The maximum atomic E-state index is 12.2. The SMILES string of the molecule is CN(C)S(=O)(=O)c1ccc(Cl)c(NC(=O)CSc2nnc(C3CC3)o2)c1. The van der Waals surface area contributed by atoms with E-state index < -0.39 is 10.0 Å². The van der Waals surface area contributed by atoms with Crippen molar-refractivity contribution in [3.05, 3.63) is 29.1 Å². The van der Waals surface area contributed by atoms with Gasteiger partial charge in [0.05, 0.1) is 21.4 Å². The van der Waals surface area contributed by atoms with Crippen LogP contribution in [0.3, 0.4) is 0 Å². The molecular weight excluding hydrogens is 400 g/mol. The summed E-state index contributed by atoms with van der Waals surface area (Å²) >= 11 is 7.17. The standard InChI is InChI=1S/C15H17ClN4O4S2/c1-20(2)26(22,23)10-5-6-11(16)12(7-10)17-13(21)8-25-15-19-18-14(24-15)9-3-4-9/h5-7,9H,3-4,8H2,1-2H3,(H,17,21). The quantitative estimate of drug-likeness (QED) is 0.691. The first-order valence-corrected chi connectivity index (χ1v) is 10.6. The number of thioether (sulfide) groups is 1. The van der Waals surface area contributed by atoms with Crippen LogP contribution in [0.25, 0.3) is 0 Å². The van der Waals surface area contributed by atoms with Crippen LogP contribution >= 0.6 is 23.4 Å². The average molecular weight is 417 g/mol. The van der Waals surface area contributed by atoms with Crippen LogP contribution < -0.4 is 5.32 Å². The van der Waals surface area contributed by atoms with E-state index in [1.807, 2.05) is 0 Å². The van der Waals surface area contributed by atoms with Gasteiger partial charge in [-0.25, -0.2) is 12.7 Å². The van der Waals surface area contributed by atoms with Gasteiger partial charge in [0.15, 0.2) is 0 Å². The van der Waals surface area contributed by atoms with E-state index in [9.17, 15) is 13.2 Å². The van der Waals surface area contributed by atoms with Crippen molar-refractivity contribution >= 4 is 45.0 Å². The Labute approximate surface area is 160 Å². The van der Waals surface area contributed by atoms with Gasteiger partial charge < -0.3 is 9.73 Å². The number of anilines is 1. The number of nitrogens with zero attached hydrogens (tertiary/aromatic N) is 3. The Hall–Kier alpha value is -1.62. The van der Waals surface area contributed by atoms with Gasteiger partial charge in [-0.2, -0.15) is 0 Å². The molecule has 8 nitrogen and oxygen atoms in total. The van der Waals surface area contributed by atoms with Gasteiger partial charge >= 0.3 is 0 Å². The molecule has 1 fully saturated rings. The molecule has 1 aliphatic rings. The molecule has 0 atom stereocenters. The summed E-state index contributed by atoms with van der Waals surface area (Å²) in [5.41, 5.74) is 0.226. The highest BCUT2D eigenvalue weighted by atomic mass is 35.5. The molecule has 0 spiro atoms. The lowest BCUT2D eigenvalue weighted by molar-refractivity contribution is -0.113. The molecule has 1 aromatic heterocycles. The number of hydrogen-bond acceptors (Lipinski definition) is 7. The number of aromatic nitrogens is 2. The van der Waals surface area contributed by atoms with Gasteiger partial charge in [-0.1, -0.05) is 23.4 Å². The normalized spacial score (nSPS) is 14.6. The van der Waals surface area contributed by atoms with E-state index in [0.717, 1.165) is 28.9 Å². The number of carbonyl (C=O) groups is 1. The molecule has 2 aromatic rings. The van der Waals surface area contributed by atoms with Gasteiger partial charge in [-0.15, -0.1) is 10.2 Å². The fraction of sp³-hybridized carbons (Fsp3) is 0.400. The Morgan fingerprint density at radius 2 is 2.12 bits per heavy atom. The second-order valence-electron chi connectivity index (χ2n) is 5.95. The molecule has 1 heterocycles. The molecule has 1 aliphatic carbocycles. The predicted octanol–water partition coefficient (Wildman–Crippen LogP) is 2.58. The zero-order chi connectivity index (χ0) is 18.9. The number of hydrogen-bond donors (Lipinski definition) is 1. The number of nitrogens with one attached hydrogen (secondary N) is 1. The van der Waals surface area contributed by atoms with Gasteiger partial charge in [0.2, 0.25) is 21.8 Å². The molecule has 0 aliphatic heterocycles. The molecule has 0 unspecified atom stereocenters.